The van der Waals surface area contributed by atoms with Crippen molar-refractivity contribution in [2.75, 3.05) is 18.8 Å². The third kappa shape index (κ3) is 3.02. The maximum atomic E-state index is 12.3. The van der Waals surface area contributed by atoms with Gasteiger partial charge >= 0.3 is 0 Å². The van der Waals surface area contributed by atoms with Crippen LogP contribution in [-0.4, -0.2) is 39.6 Å². The summed E-state index contributed by atoms with van der Waals surface area (Å²) in [4.78, 5) is 23.7. The second-order valence-electron chi connectivity index (χ2n) is 4.53. The van der Waals surface area contributed by atoms with Crippen LogP contribution < -0.4 is 0 Å². The number of amides is 1. The zero-order chi connectivity index (χ0) is 13.8. The first-order valence-electron chi connectivity index (χ1n) is 6.56. The standard InChI is InChI=1S/C14H15N3OS2/c18-14(13-15-5-2-6-16-13)17-7-4-12(20-10-8-17)11-3-1-9-19-11/h1-3,5-6,9,12H,4,7-8,10H2/t12-/m1/s1. The zero-order valence-corrected chi connectivity index (χ0v) is 12.6. The van der Waals surface area contributed by atoms with Crippen LogP contribution >= 0.6 is 23.1 Å². The molecule has 0 spiro atoms. The van der Waals surface area contributed by atoms with Crippen molar-refractivity contribution in [1.29, 1.82) is 0 Å². The van der Waals surface area contributed by atoms with E-state index in [-0.39, 0.29) is 5.91 Å². The number of carbonyl (C=O) groups excluding carboxylic acids is 1. The minimum Gasteiger partial charge on any atom is -0.335 e. The van der Waals surface area contributed by atoms with E-state index in [1.54, 1.807) is 29.8 Å². The van der Waals surface area contributed by atoms with Crippen molar-refractivity contribution >= 4 is 29.0 Å². The fourth-order valence-corrected chi connectivity index (χ4v) is 4.46. The Morgan fingerprint density at radius 2 is 2.10 bits per heavy atom. The quantitative estimate of drug-likeness (QED) is 0.856. The maximum Gasteiger partial charge on any atom is 0.291 e. The van der Waals surface area contributed by atoms with Crippen LogP contribution in [0.25, 0.3) is 0 Å². The van der Waals surface area contributed by atoms with E-state index in [4.69, 9.17) is 0 Å². The summed E-state index contributed by atoms with van der Waals surface area (Å²) in [6.07, 6.45) is 4.21. The van der Waals surface area contributed by atoms with Gasteiger partial charge in [-0.25, -0.2) is 9.97 Å². The van der Waals surface area contributed by atoms with Crippen LogP contribution in [0.15, 0.2) is 36.0 Å². The molecular weight excluding hydrogens is 290 g/mol. The summed E-state index contributed by atoms with van der Waals surface area (Å²) in [5, 5.41) is 2.62. The molecule has 3 heterocycles. The van der Waals surface area contributed by atoms with Crippen LogP contribution in [0.2, 0.25) is 0 Å². The van der Waals surface area contributed by atoms with Gasteiger partial charge in [-0.1, -0.05) is 6.07 Å². The van der Waals surface area contributed by atoms with Crippen LogP contribution in [0.3, 0.4) is 0 Å². The Morgan fingerprint density at radius 1 is 1.25 bits per heavy atom. The van der Waals surface area contributed by atoms with E-state index in [0.717, 1.165) is 25.3 Å². The third-order valence-electron chi connectivity index (χ3n) is 3.25. The molecule has 0 saturated carbocycles. The van der Waals surface area contributed by atoms with Crippen molar-refractivity contribution in [2.24, 2.45) is 0 Å². The highest BCUT2D eigenvalue weighted by atomic mass is 32.2. The first-order valence-corrected chi connectivity index (χ1v) is 8.49. The SMILES string of the molecule is O=C(c1ncccn1)N1CCS[C@@H](c2cccs2)CC1. The van der Waals surface area contributed by atoms with Crippen LogP contribution in [0.5, 0.6) is 0 Å². The van der Waals surface area contributed by atoms with Gasteiger partial charge in [0, 0.05) is 41.4 Å². The number of hydrogen-bond acceptors (Lipinski definition) is 5. The van der Waals surface area contributed by atoms with Crippen LogP contribution in [0.1, 0.15) is 27.2 Å². The van der Waals surface area contributed by atoms with Crippen molar-refractivity contribution in [3.63, 3.8) is 0 Å². The second-order valence-corrected chi connectivity index (χ2v) is 6.82. The molecule has 2 aromatic rings. The molecule has 0 bridgehead atoms. The van der Waals surface area contributed by atoms with Gasteiger partial charge in [-0.3, -0.25) is 4.79 Å². The highest BCUT2D eigenvalue weighted by Crippen LogP contribution is 2.36. The molecule has 0 aliphatic carbocycles. The summed E-state index contributed by atoms with van der Waals surface area (Å²) < 4.78 is 0. The Bertz CT molecular complexity index is 559. The van der Waals surface area contributed by atoms with E-state index in [9.17, 15) is 4.79 Å². The van der Waals surface area contributed by atoms with E-state index < -0.39 is 0 Å². The van der Waals surface area contributed by atoms with E-state index >= 15 is 0 Å². The summed E-state index contributed by atoms with van der Waals surface area (Å²) in [5.41, 5.74) is 0. The van der Waals surface area contributed by atoms with Gasteiger partial charge in [0.15, 0.2) is 0 Å². The molecule has 0 aromatic carbocycles. The molecule has 0 unspecified atom stereocenters. The van der Waals surface area contributed by atoms with Crippen LogP contribution in [0.4, 0.5) is 0 Å². The number of rotatable bonds is 2. The smallest absolute Gasteiger partial charge is 0.291 e. The molecule has 0 radical (unpaired) electrons. The Balaban J connectivity index is 1.67. The first kappa shape index (κ1) is 13.6. The zero-order valence-electron chi connectivity index (χ0n) is 10.9. The largest absolute Gasteiger partial charge is 0.335 e. The molecule has 2 aromatic heterocycles. The van der Waals surface area contributed by atoms with Gasteiger partial charge < -0.3 is 4.90 Å². The van der Waals surface area contributed by atoms with Crippen LogP contribution in [-0.2, 0) is 0 Å². The van der Waals surface area contributed by atoms with Gasteiger partial charge in [-0.05, 0) is 23.9 Å². The predicted octanol–water partition coefficient (Wildman–Crippen LogP) is 2.86. The second kappa shape index (κ2) is 6.37. The first-order chi connectivity index (χ1) is 9.84. The lowest BCUT2D eigenvalue weighted by Gasteiger charge is -2.18. The van der Waals surface area contributed by atoms with E-state index in [1.165, 1.54) is 4.88 Å². The molecule has 1 amide bonds. The maximum absolute atomic E-state index is 12.3. The van der Waals surface area contributed by atoms with E-state index in [2.05, 4.69) is 27.5 Å². The van der Waals surface area contributed by atoms with Crippen molar-refractivity contribution in [3.05, 3.63) is 46.7 Å². The summed E-state index contributed by atoms with van der Waals surface area (Å²) >= 11 is 3.73. The van der Waals surface area contributed by atoms with Gasteiger partial charge in [-0.2, -0.15) is 11.8 Å². The van der Waals surface area contributed by atoms with E-state index in [0.29, 0.717) is 11.1 Å². The summed E-state index contributed by atoms with van der Waals surface area (Å²) in [5.74, 6) is 1.20. The fourth-order valence-electron chi connectivity index (χ4n) is 2.23. The fraction of sp³-hybridized carbons (Fsp3) is 0.357. The Hall–Kier alpha value is -1.40. The summed E-state index contributed by atoms with van der Waals surface area (Å²) in [7, 11) is 0. The molecule has 0 N–H and O–H groups in total. The normalized spacial score (nSPS) is 19.6. The molecule has 3 rings (SSSR count). The molecule has 104 valence electrons. The highest BCUT2D eigenvalue weighted by Gasteiger charge is 2.24. The van der Waals surface area contributed by atoms with Crippen molar-refractivity contribution < 1.29 is 4.79 Å². The Morgan fingerprint density at radius 3 is 2.85 bits per heavy atom. The molecule has 1 fully saturated rings. The van der Waals surface area contributed by atoms with Crippen molar-refractivity contribution in [2.45, 2.75) is 11.7 Å². The van der Waals surface area contributed by atoms with Crippen molar-refractivity contribution in [1.82, 2.24) is 14.9 Å². The third-order valence-corrected chi connectivity index (χ3v) is 5.69. The number of aromatic nitrogens is 2. The average molecular weight is 305 g/mol. The van der Waals surface area contributed by atoms with Gasteiger partial charge in [-0.15, -0.1) is 11.3 Å². The van der Waals surface area contributed by atoms with Gasteiger partial charge in [0.05, 0.1) is 0 Å². The minimum atomic E-state index is -0.0574. The number of thioether (sulfide) groups is 1. The van der Waals surface area contributed by atoms with Crippen molar-refractivity contribution in [3.8, 4) is 0 Å². The summed E-state index contributed by atoms with van der Waals surface area (Å²) in [6, 6.07) is 5.99. The number of hydrogen-bond donors (Lipinski definition) is 0. The highest BCUT2D eigenvalue weighted by molar-refractivity contribution is 7.99. The molecule has 6 heteroatoms. The Labute approximate surface area is 126 Å². The molecule has 20 heavy (non-hydrogen) atoms. The minimum absolute atomic E-state index is 0.0574. The van der Waals surface area contributed by atoms with Gasteiger partial charge in [0.25, 0.3) is 5.91 Å². The Kier molecular flexibility index (Phi) is 4.32. The number of thiophene rings is 1. The predicted molar refractivity (Wildman–Crippen MR) is 82.1 cm³/mol. The molecule has 1 aliphatic rings. The average Bonchev–Trinajstić information content (AvgIpc) is 2.92. The monoisotopic (exact) mass is 305 g/mol. The molecular formula is C14H15N3OS2. The molecule has 1 saturated heterocycles. The number of carbonyl (C=O) groups is 1. The number of nitrogens with zero attached hydrogens (tertiary/aromatic N) is 3. The van der Waals surface area contributed by atoms with Gasteiger partial charge in [0.2, 0.25) is 5.82 Å². The molecule has 1 aliphatic heterocycles. The van der Waals surface area contributed by atoms with Gasteiger partial charge in [0.1, 0.15) is 0 Å². The molecule has 4 nitrogen and oxygen atoms in total. The van der Waals surface area contributed by atoms with Crippen LogP contribution in [0, 0.1) is 0 Å². The lowest BCUT2D eigenvalue weighted by Crippen LogP contribution is -2.34. The topological polar surface area (TPSA) is 46.1 Å². The lowest BCUT2D eigenvalue weighted by molar-refractivity contribution is 0.0754. The molecule has 1 atom stereocenters. The summed E-state index contributed by atoms with van der Waals surface area (Å²) in [6.45, 7) is 1.54. The van der Waals surface area contributed by atoms with E-state index in [1.807, 2.05) is 16.7 Å². The lowest BCUT2D eigenvalue weighted by atomic mass is 10.2.